The predicted octanol–water partition coefficient (Wildman–Crippen LogP) is 7.24. The van der Waals surface area contributed by atoms with Crippen molar-refractivity contribution in [2.24, 2.45) is 4.99 Å². The van der Waals surface area contributed by atoms with E-state index in [-0.39, 0.29) is 18.1 Å². The molecule has 0 aromatic heterocycles. The molecule has 38 heavy (non-hydrogen) atoms. The second-order valence-corrected chi connectivity index (χ2v) is 11.6. The molecule has 0 radical (unpaired) electrons. The van der Waals surface area contributed by atoms with Gasteiger partial charge in [-0.05, 0) is 58.8 Å². The van der Waals surface area contributed by atoms with E-state index in [1.807, 2.05) is 84.9 Å². The number of rotatable bonds is 6. The fourth-order valence-electron chi connectivity index (χ4n) is 4.24. The number of benzene rings is 3. The first kappa shape index (κ1) is 26.8. The van der Waals surface area contributed by atoms with E-state index in [1.165, 1.54) is 11.8 Å². The number of carbonyl (C=O) groups excluding carboxylic acids is 2. The lowest BCUT2D eigenvalue weighted by Crippen LogP contribution is -2.38. The molecule has 3 aromatic carbocycles. The predicted molar refractivity (Wildman–Crippen MR) is 161 cm³/mol. The number of allylic oxidation sites excluding steroid dienone is 3. The zero-order valence-electron chi connectivity index (χ0n) is 20.4. The van der Waals surface area contributed by atoms with Crippen molar-refractivity contribution in [1.82, 2.24) is 4.90 Å². The number of nitrogens with zero attached hydrogens (tertiary/aromatic N) is 2. The highest BCUT2D eigenvalue weighted by Crippen LogP contribution is 2.38. The van der Waals surface area contributed by atoms with Crippen molar-refractivity contribution in [3.05, 3.63) is 115 Å². The van der Waals surface area contributed by atoms with Gasteiger partial charge in [0.2, 0.25) is 0 Å². The van der Waals surface area contributed by atoms with Gasteiger partial charge in [0.05, 0.1) is 18.1 Å². The van der Waals surface area contributed by atoms with E-state index < -0.39 is 0 Å². The summed E-state index contributed by atoms with van der Waals surface area (Å²) in [6.45, 7) is 2.63. The quantitative estimate of drug-likeness (QED) is 0.208. The monoisotopic (exact) mass is 650 g/mol. The van der Waals surface area contributed by atoms with Crippen molar-refractivity contribution in [1.29, 1.82) is 0 Å². The summed E-state index contributed by atoms with van der Waals surface area (Å²) >= 11 is 8.34. The van der Waals surface area contributed by atoms with Crippen LogP contribution in [0.15, 0.2) is 104 Å². The minimum absolute atomic E-state index is 0.00316. The van der Waals surface area contributed by atoms with Crippen molar-refractivity contribution in [2.75, 3.05) is 26.3 Å². The van der Waals surface area contributed by atoms with Gasteiger partial charge in [0, 0.05) is 39.6 Å². The van der Waals surface area contributed by atoms with Crippen LogP contribution in [0.5, 0.6) is 0 Å². The van der Waals surface area contributed by atoms with Crippen LogP contribution in [0.4, 0.5) is 0 Å². The fraction of sp³-hybridized carbons (Fsp3) is 0.167. The molecule has 2 aliphatic heterocycles. The first-order valence-corrected chi connectivity index (χ1v) is 14.6. The van der Waals surface area contributed by atoms with E-state index >= 15 is 0 Å². The van der Waals surface area contributed by atoms with Crippen LogP contribution < -0.4 is 0 Å². The Morgan fingerprint density at radius 3 is 2.11 bits per heavy atom. The van der Waals surface area contributed by atoms with Crippen LogP contribution in [0.3, 0.4) is 0 Å². The summed E-state index contributed by atoms with van der Waals surface area (Å²) in [7, 11) is 0. The van der Waals surface area contributed by atoms with Gasteiger partial charge in [-0.3, -0.25) is 9.59 Å². The van der Waals surface area contributed by atoms with E-state index in [4.69, 9.17) is 4.74 Å². The Hall–Kier alpha value is -2.78. The minimum atomic E-state index is -0.266. The van der Waals surface area contributed by atoms with Gasteiger partial charge in [-0.25, -0.2) is 0 Å². The van der Waals surface area contributed by atoms with Gasteiger partial charge in [-0.1, -0.05) is 86.5 Å². The molecule has 8 heteroatoms. The van der Waals surface area contributed by atoms with E-state index in [2.05, 4.69) is 41.8 Å². The number of aliphatic imine (C=N–C) groups is 1. The molecule has 0 unspecified atom stereocenters. The molecule has 0 aliphatic carbocycles. The Bertz CT molecular complexity index is 1430. The van der Waals surface area contributed by atoms with Crippen LogP contribution in [0, 0.1) is 0 Å². The molecular formula is C30H24Br2N2O3S. The number of Topliss-reactive ketones (excluding diaryl/α,β-unsaturated/α-hetero) is 1. The summed E-state index contributed by atoms with van der Waals surface area (Å²) in [5.74, 6) is -0.263. The standard InChI is InChI=1S/C30H24Br2N2O3S/c31-24-10-6-21(7-11-24)26(28-29(36)33-30(38-28)34-14-16-37-17-15-34)18-23(20-4-2-1-3-5-20)19-27(35)22-8-12-25(32)13-9-22/h1-13,18H,14-17,19H2/b23-18+,28-26-. The number of hydrogen-bond acceptors (Lipinski definition) is 5. The third-order valence-corrected chi connectivity index (χ3v) is 8.43. The Balaban J connectivity index is 1.58. The molecule has 1 amide bonds. The highest BCUT2D eigenvalue weighted by molar-refractivity contribution is 9.10. The van der Waals surface area contributed by atoms with Crippen LogP contribution in [-0.4, -0.2) is 48.1 Å². The highest BCUT2D eigenvalue weighted by atomic mass is 79.9. The van der Waals surface area contributed by atoms with E-state index in [0.717, 1.165) is 31.2 Å². The number of halogens is 2. The summed E-state index contributed by atoms with van der Waals surface area (Å²) in [6, 6.07) is 25.1. The van der Waals surface area contributed by atoms with Crippen molar-refractivity contribution in [2.45, 2.75) is 6.42 Å². The van der Waals surface area contributed by atoms with Crippen molar-refractivity contribution in [3.63, 3.8) is 0 Å². The topological polar surface area (TPSA) is 59.0 Å². The third-order valence-electron chi connectivity index (χ3n) is 6.25. The highest BCUT2D eigenvalue weighted by Gasteiger charge is 2.30. The molecule has 2 heterocycles. The Kier molecular flexibility index (Phi) is 8.74. The second kappa shape index (κ2) is 12.4. The molecule has 2 aliphatic rings. The molecule has 0 saturated carbocycles. The summed E-state index contributed by atoms with van der Waals surface area (Å²) in [5.41, 5.74) is 4.03. The first-order valence-electron chi connectivity index (χ1n) is 12.2. The largest absolute Gasteiger partial charge is 0.378 e. The number of carbonyl (C=O) groups is 2. The van der Waals surface area contributed by atoms with Gasteiger partial charge in [0.25, 0.3) is 5.91 Å². The van der Waals surface area contributed by atoms with E-state index in [0.29, 0.717) is 41.9 Å². The number of ether oxygens (including phenoxy) is 1. The number of amides is 1. The Labute approximate surface area is 242 Å². The Morgan fingerprint density at radius 2 is 1.47 bits per heavy atom. The van der Waals surface area contributed by atoms with Gasteiger partial charge in [-0.2, -0.15) is 4.99 Å². The lowest BCUT2D eigenvalue weighted by atomic mass is 9.93. The summed E-state index contributed by atoms with van der Waals surface area (Å²) in [5, 5.41) is 0.698. The lowest BCUT2D eigenvalue weighted by molar-refractivity contribution is -0.113. The van der Waals surface area contributed by atoms with Crippen molar-refractivity contribution in [3.8, 4) is 0 Å². The van der Waals surface area contributed by atoms with Gasteiger partial charge in [-0.15, -0.1) is 0 Å². The van der Waals surface area contributed by atoms with Gasteiger partial charge in [0.15, 0.2) is 11.0 Å². The summed E-state index contributed by atoms with van der Waals surface area (Å²) in [6.07, 6.45) is 2.17. The maximum atomic E-state index is 13.4. The van der Waals surface area contributed by atoms with E-state index in [1.54, 1.807) is 0 Å². The van der Waals surface area contributed by atoms with Gasteiger partial charge in [0.1, 0.15) is 0 Å². The van der Waals surface area contributed by atoms with Gasteiger partial charge >= 0.3 is 0 Å². The summed E-state index contributed by atoms with van der Waals surface area (Å²) in [4.78, 5) is 33.7. The number of ketones is 1. The molecule has 5 nitrogen and oxygen atoms in total. The average Bonchev–Trinajstić information content (AvgIpc) is 3.34. The second-order valence-electron chi connectivity index (χ2n) is 8.79. The van der Waals surface area contributed by atoms with Crippen LogP contribution in [0.2, 0.25) is 0 Å². The molecule has 0 atom stereocenters. The normalized spacial score (nSPS) is 17.4. The minimum Gasteiger partial charge on any atom is -0.378 e. The zero-order valence-corrected chi connectivity index (χ0v) is 24.4. The summed E-state index contributed by atoms with van der Waals surface area (Å²) < 4.78 is 7.33. The number of hydrogen-bond donors (Lipinski definition) is 0. The lowest BCUT2D eigenvalue weighted by Gasteiger charge is -2.27. The maximum absolute atomic E-state index is 13.4. The first-order chi connectivity index (χ1) is 18.5. The molecule has 0 spiro atoms. The SMILES string of the molecule is O=C1N=C(N2CCOCC2)S/C1=C(/C=C(\CC(=O)c1ccc(Br)cc1)c1ccccc1)c1ccc(Br)cc1. The maximum Gasteiger partial charge on any atom is 0.286 e. The molecule has 3 aromatic rings. The van der Waals surface area contributed by atoms with Crippen LogP contribution in [0.25, 0.3) is 11.1 Å². The molecule has 192 valence electrons. The molecular weight excluding hydrogens is 628 g/mol. The number of morpholine rings is 1. The molecule has 0 bridgehead atoms. The van der Waals surface area contributed by atoms with Crippen LogP contribution >= 0.6 is 43.6 Å². The smallest absolute Gasteiger partial charge is 0.286 e. The van der Waals surface area contributed by atoms with Crippen molar-refractivity contribution >= 4 is 71.6 Å². The van der Waals surface area contributed by atoms with E-state index in [9.17, 15) is 9.59 Å². The van der Waals surface area contributed by atoms with Crippen molar-refractivity contribution < 1.29 is 14.3 Å². The number of thioether (sulfide) groups is 1. The molecule has 1 fully saturated rings. The average molecular weight is 652 g/mol. The van der Waals surface area contributed by atoms with Gasteiger partial charge < -0.3 is 9.64 Å². The van der Waals surface area contributed by atoms with Crippen LogP contribution in [-0.2, 0) is 9.53 Å². The molecule has 5 rings (SSSR count). The van der Waals surface area contributed by atoms with Crippen LogP contribution in [0.1, 0.15) is 27.9 Å². The Morgan fingerprint density at radius 1 is 0.868 bits per heavy atom. The zero-order chi connectivity index (χ0) is 26.5. The fourth-order valence-corrected chi connectivity index (χ4v) is 5.81. The number of amidine groups is 1. The molecule has 0 N–H and O–H groups in total. The third kappa shape index (κ3) is 6.43. The molecule has 1 saturated heterocycles.